The molecule has 0 fully saturated rings. The van der Waals surface area contributed by atoms with Crippen LogP contribution in [0.4, 0.5) is 34.1 Å². The Morgan fingerprint density at radius 2 is 0.783 bits per heavy atom. The predicted octanol–water partition coefficient (Wildman–Crippen LogP) is 18.7. The molecular formula is C64H40N2O3. The van der Waals surface area contributed by atoms with Gasteiger partial charge >= 0.3 is 0 Å². The third kappa shape index (κ3) is 6.32. The fourth-order valence-electron chi connectivity index (χ4n) is 10.5. The Morgan fingerprint density at radius 3 is 1.39 bits per heavy atom. The summed E-state index contributed by atoms with van der Waals surface area (Å²) in [7, 11) is 0. The van der Waals surface area contributed by atoms with Gasteiger partial charge in [-0.05, 0) is 99.9 Å². The molecule has 0 spiro atoms. The Bertz CT molecular complexity index is 4100. The molecule has 1 aliphatic heterocycles. The molecule has 5 heteroatoms. The number of furan rings is 2. The SMILES string of the molecule is c1ccc(-c2ccc(N(c3cc4c5c(cccc5c3)-c3c(cccc3N(c3ccc(-c5ccccc5)cc3)c3cccc5c3oc3ccccc35)O4)c3cccc4c3oc3ccccc34)cc2)cc1. The Kier molecular flexibility index (Phi) is 8.83. The van der Waals surface area contributed by atoms with Crippen molar-refractivity contribution in [3.63, 3.8) is 0 Å². The highest BCUT2D eigenvalue weighted by molar-refractivity contribution is 6.14. The molecule has 0 N–H and O–H groups in total. The molecule has 11 aromatic carbocycles. The van der Waals surface area contributed by atoms with Gasteiger partial charge in [0.2, 0.25) is 0 Å². The standard InChI is InChI=1S/C64H40N2O3/c1-3-15-41(16-4-1)43-31-35-46(36-32-43)65(55-26-12-22-51-49-20-7-9-28-57(49)68-63(51)55)48-39-45-19-11-24-53-61(45)60(40-48)67-59-30-14-25-54(62(53)59)66(47-37-33-44(34-38-47)42-17-5-2-6-18-42)56-27-13-23-52-50-21-8-10-29-58(50)69-64(52)56/h1-40H. The van der Waals surface area contributed by atoms with Gasteiger partial charge in [0, 0.05) is 49.9 Å². The second-order valence-electron chi connectivity index (χ2n) is 17.6. The van der Waals surface area contributed by atoms with E-state index in [-0.39, 0.29) is 0 Å². The summed E-state index contributed by atoms with van der Waals surface area (Å²) < 4.78 is 20.7. The molecule has 0 aliphatic carbocycles. The number of nitrogens with zero attached hydrogens (tertiary/aromatic N) is 2. The van der Waals surface area contributed by atoms with E-state index in [2.05, 4.69) is 228 Å². The van der Waals surface area contributed by atoms with E-state index < -0.39 is 0 Å². The first-order valence-electron chi connectivity index (χ1n) is 23.3. The van der Waals surface area contributed by atoms with Gasteiger partial charge in [-0.3, -0.25) is 0 Å². The van der Waals surface area contributed by atoms with Crippen LogP contribution in [-0.4, -0.2) is 0 Å². The zero-order valence-corrected chi connectivity index (χ0v) is 37.2. The third-order valence-electron chi connectivity index (χ3n) is 13.6. The normalized spacial score (nSPS) is 11.9. The van der Waals surface area contributed by atoms with Crippen molar-refractivity contribution in [3.8, 4) is 44.9 Å². The van der Waals surface area contributed by atoms with Crippen LogP contribution in [0.3, 0.4) is 0 Å². The van der Waals surface area contributed by atoms with Gasteiger partial charge in [0.05, 0.1) is 22.7 Å². The topological polar surface area (TPSA) is 42.0 Å². The summed E-state index contributed by atoms with van der Waals surface area (Å²) in [6.07, 6.45) is 0. The second kappa shape index (κ2) is 15.7. The molecule has 324 valence electrons. The quantitative estimate of drug-likeness (QED) is 0.152. The van der Waals surface area contributed by atoms with Crippen LogP contribution in [0.5, 0.6) is 11.5 Å². The van der Waals surface area contributed by atoms with Gasteiger partial charge in [0.25, 0.3) is 0 Å². The average molecular weight is 885 g/mol. The number of fused-ring (bicyclic) bond motifs is 8. The van der Waals surface area contributed by atoms with Crippen LogP contribution < -0.4 is 14.5 Å². The zero-order chi connectivity index (χ0) is 45.4. The van der Waals surface area contributed by atoms with E-state index >= 15 is 0 Å². The van der Waals surface area contributed by atoms with E-state index in [1.54, 1.807) is 0 Å². The van der Waals surface area contributed by atoms with Gasteiger partial charge in [-0.15, -0.1) is 0 Å². The lowest BCUT2D eigenvalue weighted by atomic mass is 9.92. The molecule has 1 aliphatic rings. The van der Waals surface area contributed by atoms with E-state index in [0.29, 0.717) is 0 Å². The van der Waals surface area contributed by atoms with E-state index in [0.717, 1.165) is 123 Å². The number of ether oxygens (including phenoxy) is 1. The van der Waals surface area contributed by atoms with Crippen LogP contribution in [0.2, 0.25) is 0 Å². The molecule has 14 rings (SSSR count). The number of benzene rings is 11. The maximum absolute atomic E-state index is 7.20. The number of anilines is 6. The van der Waals surface area contributed by atoms with Crippen molar-refractivity contribution in [2.24, 2.45) is 0 Å². The van der Waals surface area contributed by atoms with Gasteiger partial charge in [-0.2, -0.15) is 0 Å². The van der Waals surface area contributed by atoms with E-state index in [4.69, 9.17) is 13.6 Å². The molecule has 3 heterocycles. The molecule has 0 saturated heterocycles. The minimum atomic E-state index is 0.769. The summed E-state index contributed by atoms with van der Waals surface area (Å²) in [6.45, 7) is 0. The van der Waals surface area contributed by atoms with Gasteiger partial charge in [-0.1, -0.05) is 170 Å². The molecule has 69 heavy (non-hydrogen) atoms. The van der Waals surface area contributed by atoms with Crippen molar-refractivity contribution in [2.75, 3.05) is 9.80 Å². The van der Waals surface area contributed by atoms with Crippen LogP contribution in [-0.2, 0) is 0 Å². The summed E-state index contributed by atoms with van der Waals surface area (Å²) in [5.41, 5.74) is 15.9. The first-order chi connectivity index (χ1) is 34.2. The number of rotatable bonds is 8. The lowest BCUT2D eigenvalue weighted by Gasteiger charge is -2.32. The molecule has 0 atom stereocenters. The highest BCUT2D eigenvalue weighted by atomic mass is 16.5. The maximum atomic E-state index is 7.20. The number of hydrogen-bond acceptors (Lipinski definition) is 5. The van der Waals surface area contributed by atoms with Gasteiger partial charge in [-0.25, -0.2) is 0 Å². The summed E-state index contributed by atoms with van der Waals surface area (Å²) in [6, 6.07) is 85.4. The fourth-order valence-corrected chi connectivity index (χ4v) is 10.5. The van der Waals surface area contributed by atoms with Gasteiger partial charge < -0.3 is 23.4 Å². The summed E-state index contributed by atoms with van der Waals surface area (Å²) >= 11 is 0. The summed E-state index contributed by atoms with van der Waals surface area (Å²) in [5.74, 6) is 1.55. The first-order valence-corrected chi connectivity index (χ1v) is 23.3. The Balaban J connectivity index is 0.959. The third-order valence-corrected chi connectivity index (χ3v) is 13.6. The monoisotopic (exact) mass is 884 g/mol. The average Bonchev–Trinajstić information content (AvgIpc) is 4.00. The molecule has 0 unspecified atom stereocenters. The summed E-state index contributed by atoms with van der Waals surface area (Å²) in [4.78, 5) is 4.63. The van der Waals surface area contributed by atoms with Gasteiger partial charge in [0.15, 0.2) is 11.2 Å². The predicted molar refractivity (Wildman–Crippen MR) is 284 cm³/mol. The Hall–Kier alpha value is -9.32. The molecule has 0 radical (unpaired) electrons. The number of para-hydroxylation sites is 4. The molecule has 2 aromatic heterocycles. The molecule has 0 saturated carbocycles. The van der Waals surface area contributed by atoms with Crippen molar-refractivity contribution >= 4 is 88.8 Å². The zero-order valence-electron chi connectivity index (χ0n) is 37.2. The van der Waals surface area contributed by atoms with E-state index in [1.165, 1.54) is 11.1 Å². The van der Waals surface area contributed by atoms with Crippen molar-refractivity contribution in [2.45, 2.75) is 0 Å². The van der Waals surface area contributed by atoms with Crippen LogP contribution in [0.15, 0.2) is 251 Å². The van der Waals surface area contributed by atoms with E-state index in [9.17, 15) is 0 Å². The molecule has 0 bridgehead atoms. The second-order valence-corrected chi connectivity index (χ2v) is 17.6. The highest BCUT2D eigenvalue weighted by Gasteiger charge is 2.30. The molecule has 5 nitrogen and oxygen atoms in total. The van der Waals surface area contributed by atoms with Crippen LogP contribution in [0.25, 0.3) is 88.0 Å². The van der Waals surface area contributed by atoms with Crippen LogP contribution in [0, 0.1) is 0 Å². The molecular weight excluding hydrogens is 845 g/mol. The summed E-state index contributed by atoms with van der Waals surface area (Å²) in [5, 5.41) is 6.39. The number of hydrogen-bond donors (Lipinski definition) is 0. The van der Waals surface area contributed by atoms with Crippen LogP contribution >= 0.6 is 0 Å². The van der Waals surface area contributed by atoms with Crippen molar-refractivity contribution in [1.82, 2.24) is 0 Å². The minimum absolute atomic E-state index is 0.769. The van der Waals surface area contributed by atoms with Crippen molar-refractivity contribution in [1.29, 1.82) is 0 Å². The van der Waals surface area contributed by atoms with Gasteiger partial charge in [0.1, 0.15) is 22.7 Å². The smallest absolute Gasteiger partial charge is 0.159 e. The Morgan fingerprint density at radius 1 is 0.304 bits per heavy atom. The lowest BCUT2D eigenvalue weighted by Crippen LogP contribution is -2.13. The van der Waals surface area contributed by atoms with E-state index in [1.807, 2.05) is 24.3 Å². The van der Waals surface area contributed by atoms with Crippen LogP contribution in [0.1, 0.15) is 0 Å². The molecule has 0 amide bonds. The largest absolute Gasteiger partial charge is 0.456 e. The highest BCUT2D eigenvalue weighted by Crippen LogP contribution is 2.55. The first kappa shape index (κ1) is 38.9. The Labute approximate surface area is 397 Å². The molecule has 13 aromatic rings. The van der Waals surface area contributed by atoms with Crippen molar-refractivity contribution in [3.05, 3.63) is 243 Å². The maximum Gasteiger partial charge on any atom is 0.159 e. The lowest BCUT2D eigenvalue weighted by molar-refractivity contribution is 0.487. The minimum Gasteiger partial charge on any atom is -0.456 e. The fraction of sp³-hybridized carbons (Fsp3) is 0. The van der Waals surface area contributed by atoms with Crippen molar-refractivity contribution < 1.29 is 13.6 Å².